The van der Waals surface area contributed by atoms with Crippen molar-refractivity contribution in [3.63, 3.8) is 0 Å². The van der Waals surface area contributed by atoms with Gasteiger partial charge in [-0.25, -0.2) is 4.79 Å². The van der Waals surface area contributed by atoms with Crippen LogP contribution < -0.4 is 0 Å². The molecular formula is C20H20O8. The highest BCUT2D eigenvalue weighted by atomic mass is 16.6. The van der Waals surface area contributed by atoms with Crippen LogP contribution in [0, 0.1) is 5.92 Å². The van der Waals surface area contributed by atoms with Gasteiger partial charge in [-0.3, -0.25) is 14.4 Å². The molecule has 0 N–H and O–H groups in total. The van der Waals surface area contributed by atoms with Gasteiger partial charge in [0, 0.05) is 25.8 Å². The summed E-state index contributed by atoms with van der Waals surface area (Å²) in [5, 5.41) is 0. The normalized spacial score (nSPS) is 18.6. The van der Waals surface area contributed by atoms with Crippen molar-refractivity contribution in [2.45, 2.75) is 19.8 Å². The van der Waals surface area contributed by atoms with Gasteiger partial charge in [0.15, 0.2) is 0 Å². The van der Waals surface area contributed by atoms with Crippen LogP contribution in [0.4, 0.5) is 0 Å². The average molecular weight is 388 g/mol. The van der Waals surface area contributed by atoms with E-state index in [0.717, 1.165) is 19.9 Å². The maximum absolute atomic E-state index is 12.6. The van der Waals surface area contributed by atoms with E-state index < -0.39 is 35.7 Å². The monoisotopic (exact) mass is 388 g/mol. The third kappa shape index (κ3) is 4.46. The van der Waals surface area contributed by atoms with Crippen LogP contribution >= 0.6 is 0 Å². The molecule has 1 aromatic rings. The molecule has 0 bridgehead atoms. The van der Waals surface area contributed by atoms with Gasteiger partial charge in [-0.2, -0.15) is 0 Å². The molecule has 0 aliphatic heterocycles. The van der Waals surface area contributed by atoms with E-state index in [1.165, 1.54) is 14.2 Å². The second-order valence-corrected chi connectivity index (χ2v) is 5.89. The minimum atomic E-state index is -1.16. The Balaban J connectivity index is 2.80. The molecule has 2 atom stereocenters. The molecule has 0 amide bonds. The number of hydrogen-bond acceptors (Lipinski definition) is 8. The van der Waals surface area contributed by atoms with Gasteiger partial charge in [-0.15, -0.1) is 0 Å². The Bertz CT molecular complexity index is 850. The van der Waals surface area contributed by atoms with Gasteiger partial charge in [0.05, 0.1) is 19.8 Å². The van der Waals surface area contributed by atoms with Crippen LogP contribution in [0.2, 0.25) is 0 Å². The van der Waals surface area contributed by atoms with E-state index in [1.54, 1.807) is 30.3 Å². The van der Waals surface area contributed by atoms with Gasteiger partial charge in [-0.1, -0.05) is 30.3 Å². The van der Waals surface area contributed by atoms with Gasteiger partial charge in [0.25, 0.3) is 0 Å². The summed E-state index contributed by atoms with van der Waals surface area (Å²) in [6.45, 7) is 2.32. The molecule has 2 rings (SSSR count). The molecule has 0 saturated carbocycles. The number of carbonyl (C=O) groups is 4. The fourth-order valence-corrected chi connectivity index (χ4v) is 3.02. The van der Waals surface area contributed by atoms with Gasteiger partial charge in [-0.05, 0) is 5.56 Å². The predicted molar refractivity (Wildman–Crippen MR) is 95.3 cm³/mol. The van der Waals surface area contributed by atoms with E-state index >= 15 is 0 Å². The zero-order valence-electron chi connectivity index (χ0n) is 15.9. The van der Waals surface area contributed by atoms with Crippen molar-refractivity contribution in [1.82, 2.24) is 0 Å². The second kappa shape index (κ2) is 8.98. The quantitative estimate of drug-likeness (QED) is 0.557. The molecule has 148 valence electrons. The van der Waals surface area contributed by atoms with E-state index in [4.69, 9.17) is 18.9 Å². The standard InChI is InChI=1S/C20H20O8/c1-11(21)27-14-10-15(28-12(2)22)18(20(24)26-4)16(17(14)19(23)25-3)13-8-6-5-7-9-13/h5-10,16-17H,1-4H3/t16-,17+/m0/s1. The predicted octanol–water partition coefficient (Wildman–Crippen LogP) is 2.01. The Labute approximate surface area is 161 Å². The molecule has 1 aliphatic rings. The number of ether oxygens (including phenoxy) is 4. The lowest BCUT2D eigenvalue weighted by Crippen LogP contribution is -2.34. The van der Waals surface area contributed by atoms with Crippen LogP contribution in [0.5, 0.6) is 0 Å². The molecule has 8 nitrogen and oxygen atoms in total. The highest BCUT2D eigenvalue weighted by Gasteiger charge is 2.45. The first-order chi connectivity index (χ1) is 13.3. The Morgan fingerprint density at radius 3 is 1.96 bits per heavy atom. The first-order valence-electron chi connectivity index (χ1n) is 8.33. The Morgan fingerprint density at radius 1 is 0.857 bits per heavy atom. The molecule has 0 aromatic heterocycles. The van der Waals surface area contributed by atoms with E-state index in [9.17, 15) is 19.2 Å². The molecular weight excluding hydrogens is 368 g/mol. The average Bonchev–Trinajstić information content (AvgIpc) is 2.66. The minimum absolute atomic E-state index is 0.0600. The third-order valence-electron chi connectivity index (χ3n) is 4.02. The molecule has 0 spiro atoms. The number of allylic oxidation sites excluding steroid dienone is 1. The summed E-state index contributed by atoms with van der Waals surface area (Å²) in [6, 6.07) is 8.57. The fourth-order valence-electron chi connectivity index (χ4n) is 3.02. The SMILES string of the molecule is COC(=O)C1=C(OC(C)=O)C=C(OC(C)=O)[C@@H](C(=O)OC)[C@@H]1c1ccccc1. The summed E-state index contributed by atoms with van der Waals surface area (Å²) in [6.07, 6.45) is 1.16. The maximum Gasteiger partial charge on any atom is 0.338 e. The minimum Gasteiger partial charge on any atom is -0.468 e. The lowest BCUT2D eigenvalue weighted by Gasteiger charge is -2.32. The van der Waals surface area contributed by atoms with Crippen molar-refractivity contribution in [1.29, 1.82) is 0 Å². The molecule has 28 heavy (non-hydrogen) atoms. The van der Waals surface area contributed by atoms with E-state index in [1.807, 2.05) is 0 Å². The summed E-state index contributed by atoms with van der Waals surface area (Å²) < 4.78 is 20.1. The van der Waals surface area contributed by atoms with Crippen molar-refractivity contribution in [2.24, 2.45) is 5.92 Å². The van der Waals surface area contributed by atoms with E-state index in [2.05, 4.69) is 0 Å². The molecule has 0 unspecified atom stereocenters. The van der Waals surface area contributed by atoms with Gasteiger partial charge in [0.1, 0.15) is 17.4 Å². The Hall–Kier alpha value is -3.42. The van der Waals surface area contributed by atoms with Gasteiger partial charge < -0.3 is 18.9 Å². The summed E-state index contributed by atoms with van der Waals surface area (Å²) in [5.74, 6) is -5.29. The van der Waals surface area contributed by atoms with Crippen LogP contribution in [-0.2, 0) is 38.1 Å². The van der Waals surface area contributed by atoms with E-state index in [-0.39, 0.29) is 17.1 Å². The Kier molecular flexibility index (Phi) is 6.70. The first-order valence-corrected chi connectivity index (χ1v) is 8.33. The second-order valence-electron chi connectivity index (χ2n) is 5.89. The largest absolute Gasteiger partial charge is 0.468 e. The van der Waals surface area contributed by atoms with Crippen molar-refractivity contribution >= 4 is 23.9 Å². The zero-order valence-corrected chi connectivity index (χ0v) is 15.9. The van der Waals surface area contributed by atoms with Crippen molar-refractivity contribution in [2.75, 3.05) is 14.2 Å². The smallest absolute Gasteiger partial charge is 0.338 e. The molecule has 0 heterocycles. The third-order valence-corrected chi connectivity index (χ3v) is 4.02. The van der Waals surface area contributed by atoms with Crippen LogP contribution in [-0.4, -0.2) is 38.1 Å². The number of carbonyl (C=O) groups excluding carboxylic acids is 4. The first kappa shape index (κ1) is 20.9. The van der Waals surface area contributed by atoms with Crippen molar-refractivity contribution in [3.8, 4) is 0 Å². The number of benzene rings is 1. The van der Waals surface area contributed by atoms with Crippen molar-refractivity contribution in [3.05, 3.63) is 59.1 Å². The zero-order chi connectivity index (χ0) is 20.8. The molecule has 0 fully saturated rings. The van der Waals surface area contributed by atoms with Gasteiger partial charge >= 0.3 is 23.9 Å². The topological polar surface area (TPSA) is 105 Å². The molecule has 0 saturated heterocycles. The molecule has 0 radical (unpaired) electrons. The lowest BCUT2D eigenvalue weighted by atomic mass is 9.75. The molecule has 1 aliphatic carbocycles. The Morgan fingerprint density at radius 2 is 1.46 bits per heavy atom. The fraction of sp³-hybridized carbons (Fsp3) is 0.300. The molecule has 1 aromatic carbocycles. The number of esters is 4. The summed E-state index contributed by atoms with van der Waals surface area (Å²) in [7, 11) is 2.35. The number of rotatable bonds is 5. The van der Waals surface area contributed by atoms with Gasteiger partial charge in [0.2, 0.25) is 0 Å². The molecule has 8 heteroatoms. The summed E-state index contributed by atoms with van der Waals surface area (Å²) in [4.78, 5) is 48.3. The van der Waals surface area contributed by atoms with Crippen LogP contribution in [0.15, 0.2) is 53.5 Å². The number of hydrogen-bond donors (Lipinski definition) is 0. The highest BCUT2D eigenvalue weighted by molar-refractivity contribution is 5.95. The number of methoxy groups -OCH3 is 2. The highest BCUT2D eigenvalue weighted by Crippen LogP contribution is 2.43. The van der Waals surface area contributed by atoms with Crippen LogP contribution in [0.25, 0.3) is 0 Å². The maximum atomic E-state index is 12.6. The van der Waals surface area contributed by atoms with Crippen LogP contribution in [0.3, 0.4) is 0 Å². The van der Waals surface area contributed by atoms with Crippen molar-refractivity contribution < 1.29 is 38.1 Å². The van der Waals surface area contributed by atoms with Crippen LogP contribution in [0.1, 0.15) is 25.3 Å². The lowest BCUT2D eigenvalue weighted by molar-refractivity contribution is -0.148. The summed E-state index contributed by atoms with van der Waals surface area (Å²) >= 11 is 0. The summed E-state index contributed by atoms with van der Waals surface area (Å²) in [5.41, 5.74) is 0.482. The van der Waals surface area contributed by atoms with E-state index in [0.29, 0.717) is 5.56 Å².